The second kappa shape index (κ2) is 7.97. The van der Waals surface area contributed by atoms with Crippen molar-refractivity contribution >= 4 is 5.91 Å². The molecule has 1 unspecified atom stereocenters. The fourth-order valence-corrected chi connectivity index (χ4v) is 3.92. The lowest BCUT2D eigenvalue weighted by Crippen LogP contribution is -2.31. The highest BCUT2D eigenvalue weighted by Gasteiger charge is 2.25. The summed E-state index contributed by atoms with van der Waals surface area (Å²) < 4.78 is 2.02. The van der Waals surface area contributed by atoms with E-state index in [4.69, 9.17) is 0 Å². The van der Waals surface area contributed by atoms with E-state index in [-0.39, 0.29) is 5.91 Å². The van der Waals surface area contributed by atoms with Gasteiger partial charge in [0.25, 0.3) is 5.91 Å². The molecule has 2 heterocycles. The van der Waals surface area contributed by atoms with E-state index < -0.39 is 0 Å². The summed E-state index contributed by atoms with van der Waals surface area (Å²) in [5, 5.41) is 7.51. The molecule has 5 nitrogen and oxygen atoms in total. The summed E-state index contributed by atoms with van der Waals surface area (Å²) in [4.78, 5) is 14.8. The Morgan fingerprint density at radius 3 is 3.04 bits per heavy atom. The summed E-state index contributed by atoms with van der Waals surface area (Å²) >= 11 is 0. The molecule has 0 saturated carbocycles. The topological polar surface area (TPSA) is 50.2 Å². The van der Waals surface area contributed by atoms with Crippen LogP contribution in [0.1, 0.15) is 54.6 Å². The van der Waals surface area contributed by atoms with E-state index in [1.54, 1.807) is 6.20 Å². The number of nitrogens with zero attached hydrogens (tertiary/aromatic N) is 3. The highest BCUT2D eigenvalue weighted by atomic mass is 16.1. The molecular weight excluding hydrogens is 300 g/mol. The maximum Gasteiger partial charge on any atom is 0.254 e. The lowest BCUT2D eigenvalue weighted by Gasteiger charge is -2.26. The molecule has 1 amide bonds. The van der Waals surface area contributed by atoms with Gasteiger partial charge in [-0.05, 0) is 65.0 Å². The molecule has 0 bridgehead atoms. The molecule has 0 spiro atoms. The van der Waals surface area contributed by atoms with Crippen LogP contribution in [0.3, 0.4) is 0 Å². The van der Waals surface area contributed by atoms with Gasteiger partial charge in [0, 0.05) is 19.6 Å². The molecule has 1 atom stereocenters. The number of aromatic nitrogens is 2. The molecule has 24 heavy (non-hydrogen) atoms. The van der Waals surface area contributed by atoms with Crippen molar-refractivity contribution in [1.82, 2.24) is 20.0 Å². The van der Waals surface area contributed by atoms with Crippen LogP contribution in [0.4, 0.5) is 0 Å². The Morgan fingerprint density at radius 1 is 1.42 bits per heavy atom. The number of hydrogen-bond acceptors (Lipinski definition) is 3. The second-order valence-corrected chi connectivity index (χ2v) is 7.46. The Morgan fingerprint density at radius 2 is 2.29 bits per heavy atom. The zero-order valence-electron chi connectivity index (χ0n) is 15.1. The van der Waals surface area contributed by atoms with Crippen LogP contribution in [0.15, 0.2) is 17.8 Å². The first kappa shape index (κ1) is 17.2. The smallest absolute Gasteiger partial charge is 0.254 e. The minimum absolute atomic E-state index is 0.0400. The SMILES string of the molecule is CN(C)CC1CCn2ncc(C(=O)NCCC3=CCCCC3)c2C1. The van der Waals surface area contributed by atoms with Crippen LogP contribution in [0, 0.1) is 5.92 Å². The van der Waals surface area contributed by atoms with Crippen molar-refractivity contribution in [3.63, 3.8) is 0 Å². The zero-order chi connectivity index (χ0) is 16.9. The summed E-state index contributed by atoms with van der Waals surface area (Å²) in [7, 11) is 4.22. The number of carbonyl (C=O) groups excluding carboxylic acids is 1. The Balaban J connectivity index is 1.56. The number of aryl methyl sites for hydroxylation is 1. The van der Waals surface area contributed by atoms with Gasteiger partial charge in [-0.2, -0.15) is 5.10 Å². The van der Waals surface area contributed by atoms with Crippen molar-refractivity contribution in [2.24, 2.45) is 5.92 Å². The van der Waals surface area contributed by atoms with Crippen molar-refractivity contribution in [3.05, 3.63) is 29.1 Å². The van der Waals surface area contributed by atoms with E-state index in [9.17, 15) is 4.79 Å². The van der Waals surface area contributed by atoms with Crippen molar-refractivity contribution < 1.29 is 4.79 Å². The molecule has 1 aliphatic heterocycles. The standard InChI is InChI=1S/C19H30N4O/c1-22(2)14-16-9-11-23-18(12-16)17(13-21-23)19(24)20-10-8-15-6-4-3-5-7-15/h6,13,16H,3-5,7-12,14H2,1-2H3,(H,20,24). The quantitative estimate of drug-likeness (QED) is 0.816. The van der Waals surface area contributed by atoms with E-state index in [1.165, 1.54) is 31.3 Å². The molecule has 0 radical (unpaired) electrons. The second-order valence-electron chi connectivity index (χ2n) is 7.46. The molecule has 0 saturated heterocycles. The summed E-state index contributed by atoms with van der Waals surface area (Å²) in [6.45, 7) is 2.73. The summed E-state index contributed by atoms with van der Waals surface area (Å²) in [6, 6.07) is 0. The molecule has 1 aliphatic carbocycles. The van der Waals surface area contributed by atoms with Gasteiger partial charge in [-0.25, -0.2) is 0 Å². The van der Waals surface area contributed by atoms with E-state index in [0.29, 0.717) is 5.92 Å². The van der Waals surface area contributed by atoms with Gasteiger partial charge in [0.1, 0.15) is 0 Å². The van der Waals surface area contributed by atoms with Gasteiger partial charge >= 0.3 is 0 Å². The fourth-order valence-electron chi connectivity index (χ4n) is 3.92. The maximum atomic E-state index is 12.6. The van der Waals surface area contributed by atoms with E-state index >= 15 is 0 Å². The van der Waals surface area contributed by atoms with E-state index in [2.05, 4.69) is 35.5 Å². The molecule has 132 valence electrons. The van der Waals surface area contributed by atoms with E-state index in [1.807, 2.05) is 4.68 Å². The first-order valence-corrected chi connectivity index (χ1v) is 9.29. The summed E-state index contributed by atoms with van der Waals surface area (Å²) in [5.74, 6) is 0.654. The molecule has 1 aromatic heterocycles. The first-order chi connectivity index (χ1) is 11.6. The number of nitrogens with one attached hydrogen (secondary N) is 1. The van der Waals surface area contributed by atoms with Gasteiger partial charge in [0.2, 0.25) is 0 Å². The minimum Gasteiger partial charge on any atom is -0.352 e. The van der Waals surface area contributed by atoms with Crippen LogP contribution in [0.25, 0.3) is 0 Å². The molecule has 1 N–H and O–H groups in total. The molecular formula is C19H30N4O. The van der Waals surface area contributed by atoms with Gasteiger partial charge < -0.3 is 10.2 Å². The minimum atomic E-state index is 0.0400. The largest absolute Gasteiger partial charge is 0.352 e. The van der Waals surface area contributed by atoms with Crippen LogP contribution in [-0.2, 0) is 13.0 Å². The molecule has 1 aromatic rings. The van der Waals surface area contributed by atoms with Crippen LogP contribution >= 0.6 is 0 Å². The fraction of sp³-hybridized carbons (Fsp3) is 0.684. The highest BCUT2D eigenvalue weighted by Crippen LogP contribution is 2.24. The number of carbonyl (C=O) groups is 1. The lowest BCUT2D eigenvalue weighted by atomic mass is 9.94. The molecule has 0 aromatic carbocycles. The van der Waals surface area contributed by atoms with Crippen molar-refractivity contribution in [2.75, 3.05) is 27.2 Å². The number of fused-ring (bicyclic) bond motifs is 1. The Kier molecular flexibility index (Phi) is 5.72. The Bertz CT molecular complexity index is 603. The van der Waals surface area contributed by atoms with Crippen LogP contribution < -0.4 is 5.32 Å². The number of amides is 1. The summed E-state index contributed by atoms with van der Waals surface area (Å²) in [6.07, 6.45) is 12.2. The predicted octanol–water partition coefficient (Wildman–Crippen LogP) is 2.63. The zero-order valence-corrected chi connectivity index (χ0v) is 15.1. The van der Waals surface area contributed by atoms with Crippen molar-refractivity contribution in [3.8, 4) is 0 Å². The molecule has 0 fully saturated rings. The van der Waals surface area contributed by atoms with Crippen LogP contribution in [0.2, 0.25) is 0 Å². The lowest BCUT2D eigenvalue weighted by molar-refractivity contribution is 0.0952. The maximum absolute atomic E-state index is 12.6. The van der Waals surface area contributed by atoms with Crippen LogP contribution in [0.5, 0.6) is 0 Å². The monoisotopic (exact) mass is 330 g/mol. The van der Waals surface area contributed by atoms with Gasteiger partial charge in [-0.3, -0.25) is 9.48 Å². The highest BCUT2D eigenvalue weighted by molar-refractivity contribution is 5.95. The Labute approximate surface area is 145 Å². The predicted molar refractivity (Wildman–Crippen MR) is 96.1 cm³/mol. The van der Waals surface area contributed by atoms with Gasteiger partial charge in [-0.1, -0.05) is 11.6 Å². The normalized spacial score (nSPS) is 20.6. The van der Waals surface area contributed by atoms with Gasteiger partial charge in [-0.15, -0.1) is 0 Å². The third-order valence-electron chi connectivity index (χ3n) is 5.16. The Hall–Kier alpha value is -1.62. The summed E-state index contributed by atoms with van der Waals surface area (Å²) in [5.41, 5.74) is 3.39. The average Bonchev–Trinajstić information content (AvgIpc) is 2.98. The number of rotatable bonds is 6. The van der Waals surface area contributed by atoms with E-state index in [0.717, 1.165) is 50.2 Å². The van der Waals surface area contributed by atoms with Gasteiger partial charge in [0.15, 0.2) is 0 Å². The van der Waals surface area contributed by atoms with Crippen molar-refractivity contribution in [1.29, 1.82) is 0 Å². The molecule has 3 rings (SSSR count). The first-order valence-electron chi connectivity index (χ1n) is 9.29. The molecule has 5 heteroatoms. The van der Waals surface area contributed by atoms with Gasteiger partial charge in [0.05, 0.1) is 17.5 Å². The number of allylic oxidation sites excluding steroid dienone is 1. The van der Waals surface area contributed by atoms with Crippen molar-refractivity contribution in [2.45, 2.75) is 51.5 Å². The van der Waals surface area contributed by atoms with Crippen LogP contribution in [-0.4, -0.2) is 47.8 Å². The average molecular weight is 330 g/mol. The third-order valence-corrected chi connectivity index (χ3v) is 5.16. The number of hydrogen-bond donors (Lipinski definition) is 1. The molecule has 2 aliphatic rings. The third kappa shape index (κ3) is 4.26.